The SMILES string of the molecule is COc1cc(-c2ccc(/N=N/c3ccc4c(S(=O)(=O)O)cc(S(=O)(=O)O)c(N)c4c3O)c(OC)c2)ccc1/N=N/c1ccc2c(S(=O)(=O)O)cc(S(=O)(=O)O)c(N)c2c1O. The Balaban J connectivity index is 1.34. The highest BCUT2D eigenvalue weighted by molar-refractivity contribution is 7.87. The number of ether oxygens (including phenoxy) is 2. The molecule has 0 aromatic heterocycles. The van der Waals surface area contributed by atoms with Crippen LogP contribution in [0.25, 0.3) is 32.7 Å². The predicted octanol–water partition coefficient (Wildman–Crippen LogP) is 6.07. The van der Waals surface area contributed by atoms with E-state index in [2.05, 4.69) is 20.5 Å². The van der Waals surface area contributed by atoms with Crippen molar-refractivity contribution < 1.29 is 71.6 Å². The maximum atomic E-state index is 12.0. The third-order valence-corrected chi connectivity index (χ3v) is 12.3. The van der Waals surface area contributed by atoms with Crippen LogP contribution < -0.4 is 20.9 Å². The second-order valence-electron chi connectivity index (χ2n) is 12.4. The van der Waals surface area contributed by atoms with Crippen LogP contribution in [-0.4, -0.2) is 76.3 Å². The Morgan fingerprint density at radius 1 is 0.450 bits per heavy atom. The summed E-state index contributed by atoms with van der Waals surface area (Å²) in [6.45, 7) is 0. The van der Waals surface area contributed by atoms with E-state index in [-0.39, 0.29) is 45.0 Å². The molecule has 0 spiro atoms. The standard InChI is InChI=1S/C34H28N6O16S4/c1-55-23-11-15(3-7-19(23)37-39-21-9-5-17-25(57(43,44)45)13-27(59(49,50)51)31(35)29(17)33(21)41)16-4-8-20(24(12-16)56-2)38-40-22-10-6-18-26(58(46,47)48)14-28(60(52,53)54)32(36)30(18)34(22)42/h3-14,41-42H,35-36H2,1-2H3,(H,43,44,45)(H,46,47,48)(H,49,50,51)(H,52,53,54)/b39-37+,40-38+. The quantitative estimate of drug-likeness (QED) is 0.0415. The van der Waals surface area contributed by atoms with E-state index in [1.54, 1.807) is 24.3 Å². The summed E-state index contributed by atoms with van der Waals surface area (Å²) in [7, 11) is -17.8. The zero-order valence-corrected chi connectivity index (χ0v) is 33.5. The van der Waals surface area contributed by atoms with E-state index in [1.807, 2.05) is 0 Å². The summed E-state index contributed by atoms with van der Waals surface area (Å²) in [6.07, 6.45) is 0. The first-order valence-electron chi connectivity index (χ1n) is 16.1. The summed E-state index contributed by atoms with van der Waals surface area (Å²) in [4.78, 5) is -4.11. The lowest BCUT2D eigenvalue weighted by molar-refractivity contribution is 0.415. The highest BCUT2D eigenvalue weighted by Gasteiger charge is 2.28. The Kier molecular flexibility index (Phi) is 11.0. The van der Waals surface area contributed by atoms with Crippen LogP contribution in [0.4, 0.5) is 34.1 Å². The van der Waals surface area contributed by atoms with Crippen molar-refractivity contribution in [3.8, 4) is 34.1 Å². The molecule has 6 rings (SSSR count). The first-order chi connectivity index (χ1) is 27.9. The van der Waals surface area contributed by atoms with E-state index < -0.39 is 93.7 Å². The van der Waals surface area contributed by atoms with Gasteiger partial charge in [-0.05, 0) is 59.7 Å². The molecule has 22 nitrogen and oxygen atoms in total. The molecule has 0 amide bonds. The molecule has 0 atom stereocenters. The molecule has 0 unspecified atom stereocenters. The lowest BCUT2D eigenvalue weighted by Gasteiger charge is -2.13. The van der Waals surface area contributed by atoms with Gasteiger partial charge in [-0.2, -0.15) is 33.7 Å². The number of phenolic OH excluding ortho intramolecular Hbond substituents is 2. The first kappa shape index (κ1) is 43.1. The summed E-state index contributed by atoms with van der Waals surface area (Å²) < 4.78 is 145. The largest absolute Gasteiger partial charge is 0.505 e. The molecule has 6 aromatic rings. The number of phenols is 2. The number of methoxy groups -OCH3 is 2. The van der Waals surface area contributed by atoms with E-state index in [9.17, 15) is 62.1 Å². The number of anilines is 2. The fourth-order valence-corrected chi connectivity index (χ4v) is 8.89. The Morgan fingerprint density at radius 2 is 0.750 bits per heavy atom. The number of nitrogen functional groups attached to an aromatic ring is 2. The van der Waals surface area contributed by atoms with Gasteiger partial charge in [-0.1, -0.05) is 24.3 Å². The molecule has 0 bridgehead atoms. The molecule has 0 aliphatic heterocycles. The van der Waals surface area contributed by atoms with Crippen LogP contribution >= 0.6 is 0 Å². The summed E-state index contributed by atoms with van der Waals surface area (Å²) in [5.74, 6) is -1.36. The van der Waals surface area contributed by atoms with Gasteiger partial charge >= 0.3 is 0 Å². The molecule has 0 aliphatic carbocycles. The number of nitrogens with two attached hydrogens (primary N) is 2. The van der Waals surface area contributed by atoms with Crippen molar-refractivity contribution in [3.63, 3.8) is 0 Å². The van der Waals surface area contributed by atoms with Crippen molar-refractivity contribution in [1.29, 1.82) is 0 Å². The third-order valence-electron chi connectivity index (χ3n) is 8.77. The number of rotatable bonds is 11. The maximum Gasteiger partial charge on any atom is 0.296 e. The Hall–Kier alpha value is -6.52. The van der Waals surface area contributed by atoms with Gasteiger partial charge in [0.2, 0.25) is 0 Å². The van der Waals surface area contributed by atoms with Gasteiger partial charge in [-0.25, -0.2) is 0 Å². The minimum absolute atomic E-state index is 0.111. The number of benzene rings is 6. The molecule has 0 fully saturated rings. The lowest BCUT2D eigenvalue weighted by Crippen LogP contribution is -2.08. The number of nitrogens with zero attached hydrogens (tertiary/aromatic N) is 4. The molecule has 314 valence electrons. The molecule has 10 N–H and O–H groups in total. The van der Waals surface area contributed by atoms with Gasteiger partial charge < -0.3 is 31.2 Å². The molecular formula is C34H28N6O16S4. The van der Waals surface area contributed by atoms with Crippen molar-refractivity contribution in [2.75, 3.05) is 25.7 Å². The van der Waals surface area contributed by atoms with Gasteiger partial charge in [-0.3, -0.25) is 18.2 Å². The third kappa shape index (κ3) is 8.07. The molecule has 26 heteroatoms. The lowest BCUT2D eigenvalue weighted by atomic mass is 10.0. The van der Waals surface area contributed by atoms with E-state index in [0.717, 1.165) is 24.3 Å². The predicted molar refractivity (Wildman–Crippen MR) is 213 cm³/mol. The van der Waals surface area contributed by atoms with Crippen molar-refractivity contribution >= 4 is 96.1 Å². The summed E-state index contributed by atoms with van der Waals surface area (Å²) >= 11 is 0. The molecular weight excluding hydrogens is 877 g/mol. The van der Waals surface area contributed by atoms with Crippen LogP contribution in [0, 0.1) is 0 Å². The van der Waals surface area contributed by atoms with E-state index in [4.69, 9.17) is 20.9 Å². The van der Waals surface area contributed by atoms with E-state index >= 15 is 0 Å². The van der Waals surface area contributed by atoms with Gasteiger partial charge in [0, 0.05) is 10.8 Å². The average Bonchev–Trinajstić information content (AvgIpc) is 3.15. The van der Waals surface area contributed by atoms with Crippen LogP contribution in [0.15, 0.2) is 113 Å². The average molecular weight is 905 g/mol. The molecule has 0 radical (unpaired) electrons. The van der Waals surface area contributed by atoms with E-state index in [0.29, 0.717) is 23.3 Å². The van der Waals surface area contributed by atoms with Crippen molar-refractivity contribution in [3.05, 3.63) is 72.8 Å². The number of azo groups is 2. The number of aromatic hydroxyl groups is 2. The topological polar surface area (TPSA) is 378 Å². The van der Waals surface area contributed by atoms with Crippen LogP contribution in [0.5, 0.6) is 23.0 Å². The first-order valence-corrected chi connectivity index (χ1v) is 21.9. The molecule has 0 heterocycles. The summed E-state index contributed by atoms with van der Waals surface area (Å²) in [6, 6.07) is 14.5. The van der Waals surface area contributed by atoms with Gasteiger partial charge in [0.05, 0.1) is 36.4 Å². The Bertz CT molecular complexity index is 3120. The fraction of sp³-hybridized carbons (Fsp3) is 0.0588. The molecule has 0 saturated heterocycles. The van der Waals surface area contributed by atoms with Crippen molar-refractivity contribution in [2.45, 2.75) is 19.6 Å². The summed E-state index contributed by atoms with van der Waals surface area (Å²) in [5.41, 5.74) is 11.0. The van der Waals surface area contributed by atoms with Crippen molar-refractivity contribution in [2.24, 2.45) is 20.5 Å². The normalized spacial score (nSPS) is 12.8. The molecule has 60 heavy (non-hydrogen) atoms. The van der Waals surface area contributed by atoms with Gasteiger partial charge in [0.25, 0.3) is 40.5 Å². The second kappa shape index (κ2) is 15.3. The monoisotopic (exact) mass is 904 g/mol. The van der Waals surface area contributed by atoms with Crippen LogP contribution in [0.2, 0.25) is 0 Å². The molecule has 6 aromatic carbocycles. The van der Waals surface area contributed by atoms with Crippen molar-refractivity contribution in [1.82, 2.24) is 0 Å². The maximum absolute atomic E-state index is 12.0. The Labute approximate surface area is 339 Å². The fourth-order valence-electron chi connectivity index (χ4n) is 6.02. The highest BCUT2D eigenvalue weighted by Crippen LogP contribution is 2.46. The summed E-state index contributed by atoms with van der Waals surface area (Å²) in [5, 5.41) is 36.3. The zero-order valence-electron chi connectivity index (χ0n) is 30.3. The van der Waals surface area contributed by atoms with E-state index in [1.165, 1.54) is 26.4 Å². The smallest absolute Gasteiger partial charge is 0.296 e. The second-order valence-corrected chi connectivity index (χ2v) is 17.9. The number of hydrogen-bond donors (Lipinski definition) is 8. The van der Waals surface area contributed by atoms with Crippen LogP contribution in [0.1, 0.15) is 0 Å². The molecule has 0 aliphatic rings. The van der Waals surface area contributed by atoms with Crippen LogP contribution in [-0.2, 0) is 40.5 Å². The highest BCUT2D eigenvalue weighted by atomic mass is 32.2. The number of hydrogen-bond acceptors (Lipinski definition) is 18. The minimum Gasteiger partial charge on any atom is -0.505 e. The zero-order chi connectivity index (χ0) is 44.3. The van der Waals surface area contributed by atoms with Gasteiger partial charge in [0.1, 0.15) is 53.8 Å². The van der Waals surface area contributed by atoms with Crippen LogP contribution in [0.3, 0.4) is 0 Å². The minimum atomic E-state index is -5.13. The molecule has 0 saturated carbocycles. The van der Waals surface area contributed by atoms with Gasteiger partial charge in [0.15, 0.2) is 11.5 Å². The Morgan fingerprint density at radius 3 is 1.05 bits per heavy atom. The van der Waals surface area contributed by atoms with Gasteiger partial charge in [-0.15, -0.1) is 20.5 Å². The number of fused-ring (bicyclic) bond motifs is 2.